The highest BCUT2D eigenvalue weighted by atomic mass is 127. The molecule has 0 aliphatic rings. The number of nitrogens with one attached hydrogen (secondary N) is 1. The van der Waals surface area contributed by atoms with E-state index in [4.69, 9.17) is 0 Å². The minimum absolute atomic E-state index is 0.0701. The van der Waals surface area contributed by atoms with Crippen molar-refractivity contribution in [2.75, 3.05) is 7.05 Å². The molecule has 4 nitrogen and oxygen atoms in total. The van der Waals surface area contributed by atoms with Crippen molar-refractivity contribution in [2.24, 2.45) is 7.05 Å². The number of nitrogens with zero attached hydrogens (tertiary/aromatic N) is 2. The van der Waals surface area contributed by atoms with Crippen molar-refractivity contribution in [3.05, 3.63) is 51.7 Å². The third kappa shape index (κ3) is 2.85. The summed E-state index contributed by atoms with van der Waals surface area (Å²) in [7, 11) is 3.59. The Morgan fingerprint density at radius 3 is 2.82 bits per heavy atom. The summed E-state index contributed by atoms with van der Waals surface area (Å²) in [4.78, 5) is 14.0. The Hall–Kier alpha value is -1.54. The largest absolute Gasteiger partial charge is 0.355 e. The normalized spacial score (nSPS) is 10.9. The number of halogens is 1. The van der Waals surface area contributed by atoms with E-state index >= 15 is 0 Å². The number of amides is 1. The molecule has 0 unspecified atom stereocenters. The zero-order valence-corrected chi connectivity index (χ0v) is 15.1. The summed E-state index contributed by atoms with van der Waals surface area (Å²) >= 11 is 3.83. The van der Waals surface area contributed by atoms with Gasteiger partial charge >= 0.3 is 0 Å². The van der Waals surface area contributed by atoms with Gasteiger partial charge in [-0.3, -0.25) is 9.48 Å². The van der Waals surface area contributed by atoms with Gasteiger partial charge in [0.05, 0.1) is 11.1 Å². The van der Waals surface area contributed by atoms with E-state index < -0.39 is 0 Å². The summed E-state index contributed by atoms with van der Waals surface area (Å²) in [6.45, 7) is 0. The number of carbonyl (C=O) groups is 1. The first-order valence-electron chi connectivity index (χ1n) is 6.71. The van der Waals surface area contributed by atoms with Gasteiger partial charge in [0, 0.05) is 29.3 Å². The van der Waals surface area contributed by atoms with Crippen molar-refractivity contribution in [3.8, 4) is 0 Å². The molecule has 1 heterocycles. The van der Waals surface area contributed by atoms with Crippen LogP contribution in [-0.4, -0.2) is 22.7 Å². The zero-order chi connectivity index (χ0) is 15.7. The van der Waals surface area contributed by atoms with Gasteiger partial charge in [0.1, 0.15) is 3.70 Å². The van der Waals surface area contributed by atoms with Crippen LogP contribution in [-0.2, 0) is 7.05 Å². The highest BCUT2D eigenvalue weighted by Crippen LogP contribution is 2.33. The number of hydrogen-bond donors (Lipinski definition) is 1. The second-order valence-electron chi connectivity index (χ2n) is 4.77. The van der Waals surface area contributed by atoms with Crippen LogP contribution >= 0.6 is 34.4 Å². The minimum Gasteiger partial charge on any atom is -0.355 e. The second-order valence-corrected chi connectivity index (χ2v) is 6.91. The molecule has 0 saturated carbocycles. The van der Waals surface area contributed by atoms with Crippen LogP contribution in [0.2, 0.25) is 0 Å². The molecule has 6 heteroatoms. The maximum Gasteiger partial charge on any atom is 0.252 e. The quantitative estimate of drug-likeness (QED) is 0.654. The van der Waals surface area contributed by atoms with Gasteiger partial charge in [-0.2, -0.15) is 5.10 Å². The average molecular weight is 423 g/mol. The zero-order valence-electron chi connectivity index (χ0n) is 12.1. The Balaban J connectivity index is 2.00. The smallest absolute Gasteiger partial charge is 0.252 e. The Labute approximate surface area is 146 Å². The lowest BCUT2D eigenvalue weighted by Gasteiger charge is -2.08. The van der Waals surface area contributed by atoms with Crippen LogP contribution in [0.1, 0.15) is 10.4 Å². The van der Waals surface area contributed by atoms with E-state index in [1.165, 1.54) is 0 Å². The maximum absolute atomic E-state index is 12.0. The molecule has 0 fully saturated rings. The van der Waals surface area contributed by atoms with Gasteiger partial charge in [-0.05, 0) is 52.9 Å². The summed E-state index contributed by atoms with van der Waals surface area (Å²) in [5.41, 5.74) is 1.78. The van der Waals surface area contributed by atoms with Gasteiger partial charge in [0.25, 0.3) is 5.91 Å². The molecule has 112 valence electrons. The van der Waals surface area contributed by atoms with E-state index in [1.54, 1.807) is 18.8 Å². The topological polar surface area (TPSA) is 46.9 Å². The van der Waals surface area contributed by atoms with Crippen LogP contribution in [0.4, 0.5) is 0 Å². The molecular weight excluding hydrogens is 409 g/mol. The molecule has 3 rings (SSSR count). The number of benzene rings is 2. The molecule has 1 N–H and O–H groups in total. The molecule has 0 spiro atoms. The molecule has 2 aromatic carbocycles. The average Bonchev–Trinajstić information content (AvgIpc) is 2.81. The van der Waals surface area contributed by atoms with Gasteiger partial charge in [-0.25, -0.2) is 0 Å². The number of aryl methyl sites for hydroxylation is 1. The van der Waals surface area contributed by atoms with Crippen molar-refractivity contribution >= 4 is 51.2 Å². The van der Waals surface area contributed by atoms with Crippen LogP contribution in [0.3, 0.4) is 0 Å². The van der Waals surface area contributed by atoms with Gasteiger partial charge in [-0.15, -0.1) is 0 Å². The van der Waals surface area contributed by atoms with Crippen LogP contribution < -0.4 is 5.32 Å². The highest BCUT2D eigenvalue weighted by Gasteiger charge is 2.12. The molecule has 0 aliphatic heterocycles. The first-order valence-corrected chi connectivity index (χ1v) is 8.61. The predicted octanol–water partition coefficient (Wildman–Crippen LogP) is 3.69. The van der Waals surface area contributed by atoms with Gasteiger partial charge < -0.3 is 5.32 Å². The number of aromatic nitrogens is 2. The van der Waals surface area contributed by atoms with Gasteiger partial charge in [0.2, 0.25) is 0 Å². The lowest BCUT2D eigenvalue weighted by atomic mass is 10.2. The van der Waals surface area contributed by atoms with E-state index in [0.29, 0.717) is 5.56 Å². The SMILES string of the molecule is CNC(=O)c1ccccc1Sc1ccc2c(I)nn(C)c2c1. The van der Waals surface area contributed by atoms with E-state index in [2.05, 4.69) is 51.2 Å². The molecule has 22 heavy (non-hydrogen) atoms. The van der Waals surface area contributed by atoms with Crippen LogP contribution in [0.5, 0.6) is 0 Å². The van der Waals surface area contributed by atoms with Crippen LogP contribution in [0, 0.1) is 3.70 Å². The summed E-state index contributed by atoms with van der Waals surface area (Å²) < 4.78 is 2.88. The molecule has 1 aromatic heterocycles. The molecule has 0 bridgehead atoms. The van der Waals surface area contributed by atoms with Crippen molar-refractivity contribution < 1.29 is 4.79 Å². The second kappa shape index (κ2) is 6.29. The Morgan fingerprint density at radius 2 is 2.05 bits per heavy atom. The molecule has 0 radical (unpaired) electrons. The first-order chi connectivity index (χ1) is 10.6. The lowest BCUT2D eigenvalue weighted by molar-refractivity contribution is 0.0960. The summed E-state index contributed by atoms with van der Waals surface area (Å²) in [5.74, 6) is -0.0701. The highest BCUT2D eigenvalue weighted by molar-refractivity contribution is 14.1. The maximum atomic E-state index is 12.0. The molecule has 3 aromatic rings. The molecule has 1 amide bonds. The standard InChI is InChI=1S/C16H14IN3OS/c1-18-16(21)12-5-3-4-6-14(12)22-10-7-8-11-13(9-10)20(2)19-15(11)17/h3-9H,1-2H3,(H,18,21). The monoisotopic (exact) mass is 423 g/mol. The number of carbonyl (C=O) groups excluding carboxylic acids is 1. The molecule has 0 saturated heterocycles. The fraction of sp³-hybridized carbons (Fsp3) is 0.125. The number of rotatable bonds is 3. The molecular formula is C16H14IN3OS. The van der Waals surface area contributed by atoms with Gasteiger partial charge in [-0.1, -0.05) is 23.9 Å². The van der Waals surface area contributed by atoms with E-state index in [9.17, 15) is 4.79 Å². The van der Waals surface area contributed by atoms with Gasteiger partial charge in [0.15, 0.2) is 0 Å². The van der Waals surface area contributed by atoms with E-state index in [0.717, 1.165) is 24.4 Å². The van der Waals surface area contributed by atoms with Crippen LogP contribution in [0.15, 0.2) is 52.3 Å². The fourth-order valence-corrected chi connectivity index (χ4v) is 4.02. The third-order valence-corrected chi connectivity index (χ3v) is 5.23. The van der Waals surface area contributed by atoms with E-state index in [1.807, 2.05) is 36.0 Å². The van der Waals surface area contributed by atoms with Crippen molar-refractivity contribution in [2.45, 2.75) is 9.79 Å². The minimum atomic E-state index is -0.0701. The van der Waals surface area contributed by atoms with Crippen molar-refractivity contribution in [1.29, 1.82) is 0 Å². The summed E-state index contributed by atoms with van der Waals surface area (Å²) in [6, 6.07) is 13.9. The Kier molecular flexibility index (Phi) is 4.39. The Morgan fingerprint density at radius 1 is 1.27 bits per heavy atom. The van der Waals surface area contributed by atoms with E-state index in [-0.39, 0.29) is 5.91 Å². The number of hydrogen-bond acceptors (Lipinski definition) is 3. The predicted molar refractivity (Wildman–Crippen MR) is 97.4 cm³/mol. The molecule has 0 aliphatic carbocycles. The van der Waals surface area contributed by atoms with Crippen molar-refractivity contribution in [3.63, 3.8) is 0 Å². The summed E-state index contributed by atoms with van der Waals surface area (Å²) in [5, 5.41) is 8.25. The first kappa shape index (κ1) is 15.4. The lowest BCUT2D eigenvalue weighted by Crippen LogP contribution is -2.18. The third-order valence-electron chi connectivity index (χ3n) is 3.36. The fourth-order valence-electron chi connectivity index (χ4n) is 2.26. The summed E-state index contributed by atoms with van der Waals surface area (Å²) in [6.07, 6.45) is 0. The Bertz CT molecular complexity index is 860. The van der Waals surface area contributed by atoms with Crippen molar-refractivity contribution in [1.82, 2.24) is 15.1 Å². The van der Waals surface area contributed by atoms with Crippen LogP contribution in [0.25, 0.3) is 10.9 Å². The molecule has 0 atom stereocenters. The number of fused-ring (bicyclic) bond motifs is 1.